The monoisotopic (exact) mass is 298 g/mol. The highest BCUT2D eigenvalue weighted by atomic mass is 32.2. The number of ether oxygens (including phenoxy) is 2. The van der Waals surface area contributed by atoms with E-state index in [0.29, 0.717) is 13.2 Å². The van der Waals surface area contributed by atoms with Crippen LogP contribution in [0.25, 0.3) is 0 Å². The van der Waals surface area contributed by atoms with E-state index in [2.05, 4.69) is 0 Å². The smallest absolute Gasteiger partial charge is 0.306 e. The van der Waals surface area contributed by atoms with Crippen molar-refractivity contribution in [3.8, 4) is 0 Å². The van der Waals surface area contributed by atoms with Gasteiger partial charge in [0.1, 0.15) is 6.61 Å². The van der Waals surface area contributed by atoms with Crippen molar-refractivity contribution < 1.29 is 22.7 Å². The third-order valence-electron chi connectivity index (χ3n) is 3.16. The lowest BCUT2D eigenvalue weighted by Crippen LogP contribution is -2.44. The summed E-state index contributed by atoms with van der Waals surface area (Å²) in [5.74, 6) is -0.721. The van der Waals surface area contributed by atoms with E-state index in [1.54, 1.807) is 18.2 Å². The van der Waals surface area contributed by atoms with Gasteiger partial charge >= 0.3 is 5.97 Å². The highest BCUT2D eigenvalue weighted by Gasteiger charge is 2.34. The van der Waals surface area contributed by atoms with Crippen LogP contribution < -0.4 is 0 Å². The van der Waals surface area contributed by atoms with Gasteiger partial charge in [0.2, 0.25) is 0 Å². The average Bonchev–Trinajstić information content (AvgIpc) is 2.42. The lowest BCUT2D eigenvalue weighted by atomic mass is 9.90. The zero-order valence-electron chi connectivity index (χ0n) is 11.4. The van der Waals surface area contributed by atoms with E-state index >= 15 is 0 Å². The molecule has 0 unspecified atom stereocenters. The van der Waals surface area contributed by atoms with Gasteiger partial charge in [0.05, 0.1) is 30.3 Å². The summed E-state index contributed by atoms with van der Waals surface area (Å²) in [5.41, 5.74) is -0.117. The molecule has 0 atom stereocenters. The third kappa shape index (κ3) is 3.80. The van der Waals surface area contributed by atoms with Crippen LogP contribution in [0, 0.1) is 5.41 Å². The fourth-order valence-corrected chi connectivity index (χ4v) is 3.07. The quantitative estimate of drug-likeness (QED) is 0.743. The second-order valence-corrected chi connectivity index (χ2v) is 7.46. The summed E-state index contributed by atoms with van der Waals surface area (Å²) in [4.78, 5) is 11.8. The lowest BCUT2D eigenvalue weighted by molar-refractivity contribution is -0.164. The summed E-state index contributed by atoms with van der Waals surface area (Å²) in [6, 6.07) is 8.10. The molecule has 0 bridgehead atoms. The van der Waals surface area contributed by atoms with Gasteiger partial charge in [-0.3, -0.25) is 4.79 Å². The molecule has 0 radical (unpaired) electrons. The van der Waals surface area contributed by atoms with Gasteiger partial charge in [-0.25, -0.2) is 8.42 Å². The Kier molecular flexibility index (Phi) is 4.45. The number of carbonyl (C=O) groups excluding carboxylic acids is 1. The number of hydrogen-bond acceptors (Lipinski definition) is 5. The topological polar surface area (TPSA) is 69.7 Å². The molecule has 0 saturated carbocycles. The Morgan fingerprint density at radius 3 is 2.50 bits per heavy atom. The van der Waals surface area contributed by atoms with Gasteiger partial charge in [0.25, 0.3) is 0 Å². The predicted octanol–water partition coefficient (Wildman–Crippen LogP) is 1.43. The first-order chi connectivity index (χ1) is 9.41. The van der Waals surface area contributed by atoms with Crippen LogP contribution in [0.3, 0.4) is 0 Å². The van der Waals surface area contributed by atoms with Crippen LogP contribution in [0.5, 0.6) is 0 Å². The van der Waals surface area contributed by atoms with Crippen LogP contribution in [-0.4, -0.2) is 40.0 Å². The van der Waals surface area contributed by atoms with Crippen molar-refractivity contribution in [3.63, 3.8) is 0 Å². The average molecular weight is 298 g/mol. The molecule has 2 rings (SSSR count). The van der Waals surface area contributed by atoms with Gasteiger partial charge in [-0.1, -0.05) is 25.1 Å². The maximum atomic E-state index is 12.0. The van der Waals surface area contributed by atoms with Gasteiger partial charge < -0.3 is 9.47 Å². The third-order valence-corrected chi connectivity index (χ3v) is 4.89. The highest BCUT2D eigenvalue weighted by molar-refractivity contribution is 7.91. The number of benzene rings is 1. The van der Waals surface area contributed by atoms with E-state index in [-0.39, 0.29) is 29.1 Å². The number of rotatable bonds is 6. The Bertz CT molecular complexity index is 560. The van der Waals surface area contributed by atoms with Crippen molar-refractivity contribution in [3.05, 3.63) is 30.3 Å². The lowest BCUT2D eigenvalue weighted by Gasteiger charge is -2.37. The van der Waals surface area contributed by atoms with Crippen LogP contribution in [0.15, 0.2) is 35.2 Å². The molecule has 20 heavy (non-hydrogen) atoms. The Balaban J connectivity index is 1.81. The Hall–Kier alpha value is -1.40. The molecule has 0 amide bonds. The molecule has 1 aliphatic rings. The molecule has 1 fully saturated rings. The molecule has 6 heteroatoms. The summed E-state index contributed by atoms with van der Waals surface area (Å²) in [6.45, 7) is 3.38. The van der Waals surface area contributed by atoms with Gasteiger partial charge in [-0.2, -0.15) is 0 Å². The van der Waals surface area contributed by atoms with Crippen LogP contribution in [-0.2, 0) is 24.1 Å². The zero-order valence-corrected chi connectivity index (χ0v) is 12.2. The highest BCUT2D eigenvalue weighted by Crippen LogP contribution is 2.26. The first kappa shape index (κ1) is 15.0. The molecule has 5 nitrogen and oxygen atoms in total. The molecule has 110 valence electrons. The molecule has 1 aromatic carbocycles. The first-order valence-electron chi connectivity index (χ1n) is 6.43. The van der Waals surface area contributed by atoms with Crippen molar-refractivity contribution in [1.82, 2.24) is 0 Å². The van der Waals surface area contributed by atoms with Crippen molar-refractivity contribution in [2.75, 3.05) is 25.6 Å². The fraction of sp³-hybridized carbons (Fsp3) is 0.500. The Morgan fingerprint density at radius 1 is 1.30 bits per heavy atom. The van der Waals surface area contributed by atoms with Crippen LogP contribution in [0.4, 0.5) is 0 Å². The van der Waals surface area contributed by atoms with Crippen LogP contribution in [0.1, 0.15) is 13.3 Å². The molecule has 1 aromatic rings. The zero-order chi connectivity index (χ0) is 14.6. The minimum Gasteiger partial charge on any atom is -0.465 e. The van der Waals surface area contributed by atoms with E-state index in [9.17, 15) is 13.2 Å². The number of hydrogen-bond donors (Lipinski definition) is 0. The molecule has 1 saturated heterocycles. The molecular formula is C14H18O5S. The minimum atomic E-state index is -3.43. The second-order valence-electron chi connectivity index (χ2n) is 5.35. The van der Waals surface area contributed by atoms with Gasteiger partial charge in [-0.15, -0.1) is 0 Å². The van der Waals surface area contributed by atoms with Gasteiger partial charge in [0, 0.05) is 5.41 Å². The Labute approximate surface area is 118 Å². The van der Waals surface area contributed by atoms with Crippen LogP contribution >= 0.6 is 0 Å². The minimum absolute atomic E-state index is 0.117. The molecule has 1 aliphatic heterocycles. The summed E-state index contributed by atoms with van der Waals surface area (Å²) in [5, 5.41) is 0. The predicted molar refractivity (Wildman–Crippen MR) is 73.0 cm³/mol. The molecule has 1 heterocycles. The fourth-order valence-electron chi connectivity index (χ4n) is 1.82. The van der Waals surface area contributed by atoms with Crippen molar-refractivity contribution >= 4 is 15.8 Å². The molecular weight excluding hydrogens is 280 g/mol. The maximum Gasteiger partial charge on any atom is 0.306 e. The van der Waals surface area contributed by atoms with E-state index < -0.39 is 15.8 Å². The van der Waals surface area contributed by atoms with Gasteiger partial charge in [-0.05, 0) is 12.1 Å². The molecule has 0 aliphatic carbocycles. The summed E-state index contributed by atoms with van der Waals surface area (Å²) < 4.78 is 34.1. The SMILES string of the molecule is CC1(COC(=O)CCS(=O)(=O)c2ccccc2)COC1. The van der Waals surface area contributed by atoms with E-state index in [0.717, 1.165) is 0 Å². The van der Waals surface area contributed by atoms with E-state index in [1.807, 2.05) is 6.92 Å². The largest absolute Gasteiger partial charge is 0.465 e. The summed E-state index contributed by atoms with van der Waals surface area (Å²) in [7, 11) is -3.43. The summed E-state index contributed by atoms with van der Waals surface area (Å²) >= 11 is 0. The van der Waals surface area contributed by atoms with E-state index in [4.69, 9.17) is 9.47 Å². The summed E-state index contributed by atoms with van der Waals surface area (Å²) in [6.07, 6.45) is -0.131. The van der Waals surface area contributed by atoms with Crippen LogP contribution in [0.2, 0.25) is 0 Å². The van der Waals surface area contributed by atoms with Crippen molar-refractivity contribution in [2.45, 2.75) is 18.2 Å². The van der Waals surface area contributed by atoms with Crippen molar-refractivity contribution in [2.24, 2.45) is 5.41 Å². The standard InChI is InChI=1S/C14H18O5S/c1-14(9-18-10-14)11-19-13(15)7-8-20(16,17)12-5-3-2-4-6-12/h2-6H,7-11H2,1H3. The number of carbonyl (C=O) groups is 1. The van der Waals surface area contributed by atoms with Gasteiger partial charge in [0.15, 0.2) is 9.84 Å². The van der Waals surface area contributed by atoms with Crippen molar-refractivity contribution in [1.29, 1.82) is 0 Å². The normalized spacial score (nSPS) is 17.2. The maximum absolute atomic E-state index is 12.0. The second kappa shape index (κ2) is 5.93. The molecule has 0 spiro atoms. The molecule has 0 N–H and O–H groups in total. The first-order valence-corrected chi connectivity index (χ1v) is 8.08. The van der Waals surface area contributed by atoms with E-state index in [1.165, 1.54) is 12.1 Å². The Morgan fingerprint density at radius 2 is 1.95 bits per heavy atom. The number of sulfone groups is 1. The number of esters is 1. The molecule has 0 aromatic heterocycles.